The molecule has 0 bridgehead atoms. The summed E-state index contributed by atoms with van der Waals surface area (Å²) in [6.07, 6.45) is 6.22. The molecule has 0 radical (unpaired) electrons. The van der Waals surface area contributed by atoms with Crippen molar-refractivity contribution in [3.8, 4) is 22.6 Å². The van der Waals surface area contributed by atoms with E-state index in [1.54, 1.807) is 24.5 Å². The molecule has 3 aromatic rings. The molecule has 2 aromatic carbocycles. The number of carbonyl (C=O) groups is 1. The van der Waals surface area contributed by atoms with Crippen LogP contribution in [0.3, 0.4) is 0 Å². The van der Waals surface area contributed by atoms with E-state index < -0.39 is 6.61 Å². The Morgan fingerprint density at radius 2 is 1.68 bits per heavy atom. The van der Waals surface area contributed by atoms with Crippen molar-refractivity contribution >= 4 is 17.9 Å². The number of piperidine rings is 1. The summed E-state index contributed by atoms with van der Waals surface area (Å²) in [7, 11) is 1.00. The number of hydrogen-bond donors (Lipinski definition) is 2. The van der Waals surface area contributed by atoms with Crippen LogP contribution < -0.4 is 14.8 Å². The molecule has 1 fully saturated rings. The Labute approximate surface area is 222 Å². The van der Waals surface area contributed by atoms with Crippen molar-refractivity contribution in [2.45, 2.75) is 33.3 Å². The van der Waals surface area contributed by atoms with E-state index in [1.165, 1.54) is 12.1 Å². The first kappa shape index (κ1) is 30.6. The Morgan fingerprint density at radius 1 is 1.03 bits per heavy atom. The van der Waals surface area contributed by atoms with Crippen LogP contribution in [0.15, 0.2) is 60.9 Å². The topological polar surface area (TPSA) is 96.8 Å². The van der Waals surface area contributed by atoms with Crippen LogP contribution in [0.4, 0.5) is 20.4 Å². The third-order valence-electron chi connectivity index (χ3n) is 5.66. The molecule has 2 N–H and O–H groups in total. The number of alkyl halides is 2. The fourth-order valence-corrected chi connectivity index (χ4v) is 3.77. The van der Waals surface area contributed by atoms with Crippen LogP contribution in [-0.2, 0) is 4.79 Å². The van der Waals surface area contributed by atoms with Crippen molar-refractivity contribution in [1.29, 1.82) is 0 Å². The molecule has 1 aliphatic rings. The molecule has 4 rings (SSSR count). The summed E-state index contributed by atoms with van der Waals surface area (Å²) in [5.74, 6) is 1.47. The van der Waals surface area contributed by atoms with Crippen LogP contribution in [0.1, 0.15) is 26.7 Å². The Balaban J connectivity index is 0.00000121. The van der Waals surface area contributed by atoms with Gasteiger partial charge in [0.1, 0.15) is 24.4 Å². The lowest BCUT2D eigenvalue weighted by atomic mass is 9.99. The number of likely N-dealkylation sites (tertiary alicyclic amines) is 1. The zero-order valence-corrected chi connectivity index (χ0v) is 22.0. The Hall–Kier alpha value is -3.63. The van der Waals surface area contributed by atoms with E-state index >= 15 is 0 Å². The van der Waals surface area contributed by atoms with Crippen LogP contribution in [-0.4, -0.2) is 66.2 Å². The van der Waals surface area contributed by atoms with Gasteiger partial charge in [0, 0.05) is 49.3 Å². The number of aliphatic hydroxyl groups is 1. The van der Waals surface area contributed by atoms with Gasteiger partial charge in [-0.15, -0.1) is 0 Å². The minimum absolute atomic E-state index is 0.0996. The van der Waals surface area contributed by atoms with E-state index in [1.807, 2.05) is 38.1 Å². The normalized spacial score (nSPS) is 13.4. The molecule has 1 aromatic heterocycles. The fourth-order valence-electron chi connectivity index (χ4n) is 3.77. The number of benzene rings is 2. The first-order valence-corrected chi connectivity index (χ1v) is 12.6. The number of hydrogen-bond acceptors (Lipinski definition) is 8. The molecule has 0 atom stereocenters. The maximum atomic E-state index is 12.3. The molecule has 206 valence electrons. The highest BCUT2D eigenvalue weighted by atomic mass is 19.3. The second-order valence-corrected chi connectivity index (χ2v) is 8.01. The lowest BCUT2D eigenvalue weighted by Crippen LogP contribution is -2.36. The van der Waals surface area contributed by atoms with Crippen LogP contribution >= 0.6 is 0 Å². The monoisotopic (exact) mass is 530 g/mol. The van der Waals surface area contributed by atoms with Gasteiger partial charge in [-0.05, 0) is 55.8 Å². The average molecular weight is 531 g/mol. The van der Waals surface area contributed by atoms with Gasteiger partial charge < -0.3 is 24.7 Å². The van der Waals surface area contributed by atoms with E-state index in [0.717, 1.165) is 68.4 Å². The van der Waals surface area contributed by atoms with Gasteiger partial charge in [0.05, 0.1) is 0 Å². The third kappa shape index (κ3) is 10.0. The van der Waals surface area contributed by atoms with E-state index in [2.05, 4.69) is 24.9 Å². The molecule has 2 heterocycles. The molecule has 10 heteroatoms. The van der Waals surface area contributed by atoms with Crippen molar-refractivity contribution in [2.24, 2.45) is 5.92 Å². The van der Waals surface area contributed by atoms with Gasteiger partial charge in [-0.2, -0.15) is 8.78 Å². The molecule has 1 saturated heterocycles. The molecular formula is C28H36F2N4O4. The summed E-state index contributed by atoms with van der Waals surface area (Å²) in [4.78, 5) is 21.9. The summed E-state index contributed by atoms with van der Waals surface area (Å²) in [5.41, 5.74) is 2.34. The van der Waals surface area contributed by atoms with Gasteiger partial charge in [-0.3, -0.25) is 4.90 Å². The quantitative estimate of drug-likeness (QED) is 0.336. The van der Waals surface area contributed by atoms with Crippen molar-refractivity contribution in [3.63, 3.8) is 0 Å². The molecule has 38 heavy (non-hydrogen) atoms. The molecule has 1 aliphatic heterocycles. The summed E-state index contributed by atoms with van der Waals surface area (Å²) in [6.45, 7) is 4.39. The highest BCUT2D eigenvalue weighted by Crippen LogP contribution is 2.24. The summed E-state index contributed by atoms with van der Waals surface area (Å²) in [6, 6.07) is 13.9. The highest BCUT2D eigenvalue weighted by molar-refractivity contribution is 5.64. The SMILES string of the molecule is CC.CO.O=CC1CCN(CCOc2cccc(Nc3ncc(-c4ccc(OC(F)F)cc4)cn3)c2)CC1. The number of carbonyl (C=O) groups excluding carboxylic acids is 1. The van der Waals surface area contributed by atoms with E-state index in [0.29, 0.717) is 12.6 Å². The van der Waals surface area contributed by atoms with E-state index in [9.17, 15) is 13.6 Å². The number of nitrogens with one attached hydrogen (secondary N) is 1. The Bertz CT molecular complexity index is 1060. The van der Waals surface area contributed by atoms with Crippen molar-refractivity contribution < 1.29 is 28.2 Å². The maximum absolute atomic E-state index is 12.3. The molecule has 8 nitrogen and oxygen atoms in total. The fraction of sp³-hybridized carbons (Fsp3) is 0.393. The zero-order valence-electron chi connectivity index (χ0n) is 22.0. The first-order chi connectivity index (χ1) is 18.6. The Kier molecular flexibility index (Phi) is 13.7. The van der Waals surface area contributed by atoms with Gasteiger partial charge in [-0.25, -0.2) is 9.97 Å². The molecular weight excluding hydrogens is 494 g/mol. The zero-order chi connectivity index (χ0) is 27.8. The van der Waals surface area contributed by atoms with Gasteiger partial charge in [0.15, 0.2) is 0 Å². The standard InChI is InChI=1S/C25H26F2N4O3.C2H6.CH4O/c26-24(27)34-22-6-4-19(5-7-22)20-15-28-25(29-16-20)30-21-2-1-3-23(14-21)33-13-12-31-10-8-18(17-32)9-11-31;2*1-2/h1-7,14-18,24H,8-13H2,(H,28,29,30);1-2H3;2H,1H3. The lowest BCUT2D eigenvalue weighted by molar-refractivity contribution is -0.112. The molecule has 0 spiro atoms. The summed E-state index contributed by atoms with van der Waals surface area (Å²) >= 11 is 0. The number of anilines is 2. The highest BCUT2D eigenvalue weighted by Gasteiger charge is 2.18. The van der Waals surface area contributed by atoms with Gasteiger partial charge >= 0.3 is 6.61 Å². The Morgan fingerprint density at radius 3 is 2.29 bits per heavy atom. The molecule has 0 unspecified atom stereocenters. The number of aldehydes is 1. The third-order valence-corrected chi connectivity index (χ3v) is 5.66. The van der Waals surface area contributed by atoms with Gasteiger partial charge in [-0.1, -0.05) is 32.0 Å². The van der Waals surface area contributed by atoms with Crippen LogP contribution in [0.25, 0.3) is 11.1 Å². The minimum Gasteiger partial charge on any atom is -0.492 e. The lowest BCUT2D eigenvalue weighted by Gasteiger charge is -2.29. The molecule has 0 aliphatic carbocycles. The van der Waals surface area contributed by atoms with Gasteiger partial charge in [0.25, 0.3) is 0 Å². The van der Waals surface area contributed by atoms with Gasteiger partial charge in [0.2, 0.25) is 5.95 Å². The summed E-state index contributed by atoms with van der Waals surface area (Å²) in [5, 5.41) is 10.2. The number of halogens is 2. The second kappa shape index (κ2) is 17.0. The predicted octanol–water partition coefficient (Wildman–Crippen LogP) is 5.41. The second-order valence-electron chi connectivity index (χ2n) is 8.01. The smallest absolute Gasteiger partial charge is 0.387 e. The van der Waals surface area contributed by atoms with Crippen LogP contribution in [0.5, 0.6) is 11.5 Å². The molecule has 0 amide bonds. The number of aliphatic hydroxyl groups excluding tert-OH is 1. The van der Waals surface area contributed by atoms with Crippen LogP contribution in [0.2, 0.25) is 0 Å². The van der Waals surface area contributed by atoms with Crippen LogP contribution in [0, 0.1) is 5.92 Å². The largest absolute Gasteiger partial charge is 0.492 e. The number of ether oxygens (including phenoxy) is 2. The number of aromatic nitrogens is 2. The number of rotatable bonds is 10. The maximum Gasteiger partial charge on any atom is 0.387 e. The van der Waals surface area contributed by atoms with Crippen molar-refractivity contribution in [2.75, 3.05) is 38.7 Å². The summed E-state index contributed by atoms with van der Waals surface area (Å²) < 4.78 is 34.8. The minimum atomic E-state index is -2.85. The van der Waals surface area contributed by atoms with Crippen molar-refractivity contribution in [1.82, 2.24) is 14.9 Å². The van der Waals surface area contributed by atoms with E-state index in [-0.39, 0.29) is 11.7 Å². The average Bonchev–Trinajstić information content (AvgIpc) is 2.96. The first-order valence-electron chi connectivity index (χ1n) is 12.6. The number of nitrogens with zero attached hydrogens (tertiary/aromatic N) is 3. The predicted molar refractivity (Wildman–Crippen MR) is 144 cm³/mol. The molecule has 0 saturated carbocycles. The van der Waals surface area contributed by atoms with E-state index in [4.69, 9.17) is 9.84 Å². The van der Waals surface area contributed by atoms with Crippen molar-refractivity contribution in [3.05, 3.63) is 60.9 Å².